The molecule has 0 saturated carbocycles. The monoisotopic (exact) mass is 746 g/mol. The van der Waals surface area contributed by atoms with E-state index in [1.165, 1.54) is 123 Å². The van der Waals surface area contributed by atoms with Gasteiger partial charge >= 0.3 is 0 Å². The molecule has 0 aliphatic rings. The zero-order valence-electron chi connectivity index (χ0n) is 29.4. The first kappa shape index (κ1) is 34.9. The van der Waals surface area contributed by atoms with Gasteiger partial charge in [-0.05, 0) is 97.9 Å². The Labute approximate surface area is 311 Å². The lowest BCUT2D eigenvalue weighted by Gasteiger charge is -2.11. The third-order valence-electron chi connectivity index (χ3n) is 9.94. The van der Waals surface area contributed by atoms with Gasteiger partial charge in [-0.15, -0.1) is 68.0 Å². The van der Waals surface area contributed by atoms with Crippen molar-refractivity contribution in [2.24, 2.45) is 23.7 Å². The van der Waals surface area contributed by atoms with Gasteiger partial charge < -0.3 is 0 Å². The molecule has 0 aliphatic carbocycles. The fraction of sp³-hybridized carbons (Fsp3) is 0.476. The molecule has 1 aromatic carbocycles. The second kappa shape index (κ2) is 15.4. The standard InChI is InChI=1S/C42H50S6/c1-25(2)9-7-11-27(5)13-15-29-17-19-33(43-29)37-23-39-41(47-37)31-21-32-36(22-35(31)45-39)46-40-24-38(48-42(32)40)34-20-18-30(44-34)16-14-28(6)12-8-10-26(3)4/h17-28H,7-16H2,1-6H3/t27-,28?/m1/s1. The maximum absolute atomic E-state index is 2.52. The lowest BCUT2D eigenvalue weighted by Crippen LogP contribution is -1.98. The highest BCUT2D eigenvalue weighted by atomic mass is 32.1. The molecule has 254 valence electrons. The highest BCUT2D eigenvalue weighted by molar-refractivity contribution is 7.36. The molecular formula is C42H50S6. The van der Waals surface area contributed by atoms with Gasteiger partial charge in [0, 0.05) is 58.8 Å². The highest BCUT2D eigenvalue weighted by Crippen LogP contribution is 2.49. The third-order valence-corrected chi connectivity index (χ3v) is 17.4. The molecule has 7 rings (SSSR count). The van der Waals surface area contributed by atoms with Gasteiger partial charge in [-0.2, -0.15) is 0 Å². The van der Waals surface area contributed by atoms with Gasteiger partial charge in [-0.1, -0.05) is 80.1 Å². The van der Waals surface area contributed by atoms with Gasteiger partial charge in [-0.3, -0.25) is 0 Å². The van der Waals surface area contributed by atoms with E-state index in [4.69, 9.17) is 0 Å². The molecular weight excluding hydrogens is 697 g/mol. The van der Waals surface area contributed by atoms with Gasteiger partial charge in [0.2, 0.25) is 0 Å². The van der Waals surface area contributed by atoms with Crippen molar-refractivity contribution in [3.63, 3.8) is 0 Å². The van der Waals surface area contributed by atoms with Crippen molar-refractivity contribution in [1.82, 2.24) is 0 Å². The van der Waals surface area contributed by atoms with E-state index in [0.29, 0.717) is 0 Å². The van der Waals surface area contributed by atoms with Gasteiger partial charge in [-0.25, -0.2) is 0 Å². The Morgan fingerprint density at radius 2 is 0.875 bits per heavy atom. The lowest BCUT2D eigenvalue weighted by molar-refractivity contribution is 0.437. The number of rotatable bonds is 16. The quantitative estimate of drug-likeness (QED) is 0.0924. The van der Waals surface area contributed by atoms with Crippen molar-refractivity contribution in [1.29, 1.82) is 0 Å². The summed E-state index contributed by atoms with van der Waals surface area (Å²) >= 11 is 12.0. The minimum absolute atomic E-state index is 0.818. The van der Waals surface area contributed by atoms with Crippen LogP contribution in [0.15, 0.2) is 48.5 Å². The van der Waals surface area contributed by atoms with Crippen molar-refractivity contribution >= 4 is 107 Å². The maximum Gasteiger partial charge on any atom is 0.0536 e. The van der Waals surface area contributed by atoms with E-state index in [1.807, 2.05) is 68.0 Å². The zero-order valence-corrected chi connectivity index (χ0v) is 34.3. The summed E-state index contributed by atoms with van der Waals surface area (Å²) in [6, 6.07) is 19.4. The normalized spacial score (nSPS) is 13.8. The van der Waals surface area contributed by atoms with Crippen LogP contribution in [0.25, 0.3) is 58.5 Å². The first-order chi connectivity index (χ1) is 23.2. The first-order valence-corrected chi connectivity index (χ1v) is 23.1. The van der Waals surface area contributed by atoms with Crippen molar-refractivity contribution in [3.8, 4) is 19.5 Å². The molecule has 0 fully saturated rings. The van der Waals surface area contributed by atoms with Crippen LogP contribution < -0.4 is 0 Å². The summed E-state index contributed by atoms with van der Waals surface area (Å²) < 4.78 is 8.70. The molecule has 1 unspecified atom stereocenters. The molecule has 0 amide bonds. The lowest BCUT2D eigenvalue weighted by atomic mass is 9.96. The Morgan fingerprint density at radius 3 is 1.31 bits per heavy atom. The van der Waals surface area contributed by atoms with Crippen LogP contribution in [0.2, 0.25) is 0 Å². The topological polar surface area (TPSA) is 0 Å². The van der Waals surface area contributed by atoms with Crippen molar-refractivity contribution in [2.45, 2.75) is 106 Å². The van der Waals surface area contributed by atoms with Crippen molar-refractivity contribution in [3.05, 3.63) is 58.3 Å². The average Bonchev–Trinajstić information content (AvgIpc) is 3.87. The van der Waals surface area contributed by atoms with E-state index in [9.17, 15) is 0 Å². The van der Waals surface area contributed by atoms with Crippen LogP contribution in [0.5, 0.6) is 0 Å². The molecule has 48 heavy (non-hydrogen) atoms. The second-order valence-electron chi connectivity index (χ2n) is 15.1. The average molecular weight is 747 g/mol. The molecule has 2 atom stereocenters. The second-order valence-corrected chi connectivity index (χ2v) is 21.7. The number of aryl methyl sites for hydroxylation is 2. The molecule has 0 radical (unpaired) electrons. The fourth-order valence-electron chi connectivity index (χ4n) is 6.94. The summed E-state index contributed by atoms with van der Waals surface area (Å²) in [7, 11) is 0. The minimum atomic E-state index is 0.818. The molecule has 6 aromatic heterocycles. The van der Waals surface area contributed by atoms with Crippen LogP contribution in [-0.2, 0) is 12.8 Å². The number of hydrogen-bond acceptors (Lipinski definition) is 6. The first-order valence-electron chi connectivity index (χ1n) is 18.2. The number of benzene rings is 1. The largest absolute Gasteiger partial charge is 0.139 e. The van der Waals surface area contributed by atoms with Crippen molar-refractivity contribution in [2.75, 3.05) is 0 Å². The van der Waals surface area contributed by atoms with Crippen LogP contribution in [-0.4, -0.2) is 0 Å². The van der Waals surface area contributed by atoms with Gasteiger partial charge in [0.1, 0.15) is 0 Å². The molecule has 0 nitrogen and oxygen atoms in total. The molecule has 0 aliphatic heterocycles. The Hall–Kier alpha value is -1.54. The molecule has 6 heterocycles. The molecule has 0 bridgehead atoms. The SMILES string of the molecule is CC(C)CCCC(C)CCc1ccc(-c2cc3sc4cc5sc6cc(-c7ccc(CC[C@H](C)CCCC(C)C)s7)sc6c5cc4c3s2)s1. The Balaban J connectivity index is 1.05. The van der Waals surface area contributed by atoms with Crippen LogP contribution >= 0.6 is 68.0 Å². The van der Waals surface area contributed by atoms with Gasteiger partial charge in [0.25, 0.3) is 0 Å². The highest BCUT2D eigenvalue weighted by Gasteiger charge is 2.18. The summed E-state index contributed by atoms with van der Waals surface area (Å²) in [5.41, 5.74) is 0. The van der Waals surface area contributed by atoms with Crippen LogP contribution in [0.1, 0.15) is 103 Å². The van der Waals surface area contributed by atoms with E-state index < -0.39 is 0 Å². The minimum Gasteiger partial charge on any atom is -0.139 e. The van der Waals surface area contributed by atoms with E-state index in [1.54, 1.807) is 9.75 Å². The Morgan fingerprint density at radius 1 is 0.417 bits per heavy atom. The molecule has 0 saturated heterocycles. The fourth-order valence-corrected chi connectivity index (χ4v) is 14.3. The van der Waals surface area contributed by atoms with E-state index in [-0.39, 0.29) is 0 Å². The van der Waals surface area contributed by atoms with Gasteiger partial charge in [0.15, 0.2) is 0 Å². The summed E-state index contributed by atoms with van der Waals surface area (Å²) in [6.07, 6.45) is 13.3. The van der Waals surface area contributed by atoms with Gasteiger partial charge in [0.05, 0.1) is 9.40 Å². The molecule has 6 heteroatoms. The maximum atomic E-state index is 2.52. The van der Waals surface area contributed by atoms with Crippen LogP contribution in [0.3, 0.4) is 0 Å². The smallest absolute Gasteiger partial charge is 0.0536 e. The Kier molecular flexibility index (Phi) is 11.2. The van der Waals surface area contributed by atoms with E-state index >= 15 is 0 Å². The van der Waals surface area contributed by atoms with E-state index in [2.05, 4.69) is 90.1 Å². The number of thiophene rings is 6. The molecule has 0 N–H and O–H groups in total. The number of fused-ring (bicyclic) bond motifs is 6. The zero-order chi connectivity index (χ0) is 33.4. The van der Waals surface area contributed by atoms with E-state index in [0.717, 1.165) is 23.7 Å². The number of hydrogen-bond donors (Lipinski definition) is 0. The van der Waals surface area contributed by atoms with Crippen molar-refractivity contribution < 1.29 is 0 Å². The molecule has 0 spiro atoms. The predicted octanol–water partition coefficient (Wildman–Crippen LogP) is 16.8. The van der Waals surface area contributed by atoms with Crippen LogP contribution in [0, 0.1) is 23.7 Å². The third kappa shape index (κ3) is 8.00. The van der Waals surface area contributed by atoms with Crippen LogP contribution in [0.4, 0.5) is 0 Å². The Bertz CT molecular complexity index is 1950. The molecule has 7 aromatic rings. The summed E-state index contributed by atoms with van der Waals surface area (Å²) in [4.78, 5) is 8.85. The summed E-state index contributed by atoms with van der Waals surface area (Å²) in [5.74, 6) is 3.29. The predicted molar refractivity (Wildman–Crippen MR) is 227 cm³/mol. The summed E-state index contributed by atoms with van der Waals surface area (Å²) in [5, 5.41) is 2.89. The summed E-state index contributed by atoms with van der Waals surface area (Å²) in [6.45, 7) is 14.3.